The van der Waals surface area contributed by atoms with Crippen molar-refractivity contribution in [3.05, 3.63) is 57.6 Å². The average Bonchev–Trinajstić information content (AvgIpc) is 3.19. The molecule has 0 aliphatic carbocycles. The standard InChI is InChI=1S/C17H15NS3/c1-18-13(16-9-17-15(21-16)6-7-19-17)8-11-10-20-14-5-3-2-4-12(11)14/h2-7,9-10,13,18H,8H2,1H3. The van der Waals surface area contributed by atoms with Crippen molar-refractivity contribution >= 4 is 53.5 Å². The third-order valence-electron chi connectivity index (χ3n) is 3.84. The Kier molecular flexibility index (Phi) is 3.55. The predicted molar refractivity (Wildman–Crippen MR) is 97.0 cm³/mol. The first-order valence-corrected chi connectivity index (χ1v) is 9.52. The van der Waals surface area contributed by atoms with Crippen LogP contribution in [0.25, 0.3) is 19.5 Å². The van der Waals surface area contributed by atoms with E-state index in [1.54, 1.807) is 0 Å². The van der Waals surface area contributed by atoms with Crippen LogP contribution in [-0.4, -0.2) is 7.05 Å². The molecule has 0 radical (unpaired) electrons. The number of hydrogen-bond donors (Lipinski definition) is 1. The predicted octanol–water partition coefficient (Wildman–Crippen LogP) is 5.68. The molecule has 0 bridgehead atoms. The Morgan fingerprint density at radius 3 is 2.81 bits per heavy atom. The number of thiophene rings is 3. The highest BCUT2D eigenvalue weighted by molar-refractivity contribution is 7.27. The molecule has 0 aliphatic rings. The van der Waals surface area contributed by atoms with Gasteiger partial charge in [0.2, 0.25) is 0 Å². The summed E-state index contributed by atoms with van der Waals surface area (Å²) in [5, 5.41) is 9.38. The van der Waals surface area contributed by atoms with Gasteiger partial charge in [0.1, 0.15) is 0 Å². The minimum absolute atomic E-state index is 0.396. The van der Waals surface area contributed by atoms with Crippen molar-refractivity contribution in [2.24, 2.45) is 0 Å². The summed E-state index contributed by atoms with van der Waals surface area (Å²) >= 11 is 5.59. The zero-order chi connectivity index (χ0) is 14.2. The number of rotatable bonds is 4. The smallest absolute Gasteiger partial charge is 0.0454 e. The fraction of sp³-hybridized carbons (Fsp3) is 0.176. The molecule has 0 aliphatic heterocycles. The van der Waals surface area contributed by atoms with Gasteiger partial charge < -0.3 is 5.32 Å². The second kappa shape index (κ2) is 5.54. The van der Waals surface area contributed by atoms with Crippen molar-refractivity contribution in [3.8, 4) is 0 Å². The van der Waals surface area contributed by atoms with Crippen molar-refractivity contribution in [2.75, 3.05) is 7.05 Å². The highest BCUT2D eigenvalue weighted by atomic mass is 32.1. The van der Waals surface area contributed by atoms with Gasteiger partial charge in [-0.3, -0.25) is 0 Å². The van der Waals surface area contributed by atoms with Crippen molar-refractivity contribution < 1.29 is 0 Å². The van der Waals surface area contributed by atoms with E-state index in [0.29, 0.717) is 6.04 Å². The van der Waals surface area contributed by atoms with Crippen molar-refractivity contribution in [3.63, 3.8) is 0 Å². The summed E-state index contributed by atoms with van der Waals surface area (Å²) < 4.78 is 4.20. The summed E-state index contributed by atoms with van der Waals surface area (Å²) in [6.45, 7) is 0. The van der Waals surface area contributed by atoms with Gasteiger partial charge in [0, 0.05) is 25.0 Å². The molecule has 0 fully saturated rings. The molecule has 3 heterocycles. The van der Waals surface area contributed by atoms with Crippen molar-refractivity contribution in [1.29, 1.82) is 0 Å². The third-order valence-corrected chi connectivity index (χ3v) is 7.05. The minimum Gasteiger partial charge on any atom is -0.312 e. The monoisotopic (exact) mass is 329 g/mol. The van der Waals surface area contributed by atoms with Crippen LogP contribution < -0.4 is 5.32 Å². The summed E-state index contributed by atoms with van der Waals surface area (Å²) in [6.07, 6.45) is 1.05. The largest absolute Gasteiger partial charge is 0.312 e. The van der Waals surface area contributed by atoms with E-state index in [1.807, 2.05) is 34.0 Å². The highest BCUT2D eigenvalue weighted by Crippen LogP contribution is 2.36. The number of benzene rings is 1. The van der Waals surface area contributed by atoms with E-state index in [-0.39, 0.29) is 0 Å². The number of likely N-dealkylation sites (N-methyl/N-ethyl adjacent to an activating group) is 1. The summed E-state index contributed by atoms with van der Waals surface area (Å²) in [5.74, 6) is 0. The number of hydrogen-bond acceptors (Lipinski definition) is 4. The van der Waals surface area contributed by atoms with Crippen LogP contribution in [0, 0.1) is 0 Å². The molecule has 1 atom stereocenters. The molecule has 1 aromatic carbocycles. The molecule has 0 saturated carbocycles. The van der Waals surface area contributed by atoms with Gasteiger partial charge in [-0.25, -0.2) is 0 Å². The second-order valence-electron chi connectivity index (χ2n) is 5.10. The molecule has 21 heavy (non-hydrogen) atoms. The maximum atomic E-state index is 3.49. The zero-order valence-corrected chi connectivity index (χ0v) is 14.1. The van der Waals surface area contributed by atoms with Gasteiger partial charge in [-0.05, 0) is 53.4 Å². The fourth-order valence-electron chi connectivity index (χ4n) is 2.71. The lowest BCUT2D eigenvalue weighted by molar-refractivity contribution is 0.605. The van der Waals surface area contributed by atoms with Gasteiger partial charge in [0.15, 0.2) is 0 Å². The maximum Gasteiger partial charge on any atom is 0.0454 e. The molecule has 106 valence electrons. The molecule has 4 aromatic rings. The molecule has 0 amide bonds. The maximum absolute atomic E-state index is 3.49. The first-order chi connectivity index (χ1) is 10.3. The Morgan fingerprint density at radius 1 is 1.05 bits per heavy atom. The van der Waals surface area contributed by atoms with E-state index in [0.717, 1.165) is 6.42 Å². The lowest BCUT2D eigenvalue weighted by atomic mass is 10.0. The lowest BCUT2D eigenvalue weighted by Crippen LogP contribution is -2.17. The number of nitrogens with one attached hydrogen (secondary N) is 1. The third kappa shape index (κ3) is 2.42. The van der Waals surface area contributed by atoms with Crippen LogP contribution in [0.5, 0.6) is 0 Å². The molecule has 0 spiro atoms. The minimum atomic E-state index is 0.396. The topological polar surface area (TPSA) is 12.0 Å². The van der Waals surface area contributed by atoms with E-state index in [2.05, 4.69) is 59.5 Å². The summed E-state index contributed by atoms with van der Waals surface area (Å²) in [5.41, 5.74) is 1.45. The Balaban J connectivity index is 1.68. The Morgan fingerprint density at radius 2 is 1.95 bits per heavy atom. The first-order valence-electron chi connectivity index (χ1n) is 6.94. The quantitative estimate of drug-likeness (QED) is 0.508. The summed E-state index contributed by atoms with van der Waals surface area (Å²) in [7, 11) is 2.06. The Bertz CT molecular complexity index is 855. The highest BCUT2D eigenvalue weighted by Gasteiger charge is 2.16. The van der Waals surface area contributed by atoms with Crippen LogP contribution in [0.3, 0.4) is 0 Å². The van der Waals surface area contributed by atoms with Gasteiger partial charge in [-0.1, -0.05) is 18.2 Å². The summed E-state index contributed by atoms with van der Waals surface area (Å²) in [4.78, 5) is 1.44. The van der Waals surface area contributed by atoms with Crippen LogP contribution >= 0.6 is 34.0 Å². The van der Waals surface area contributed by atoms with Gasteiger partial charge in [-0.2, -0.15) is 0 Å². The normalized spacial score (nSPS) is 13.2. The Labute approximate surface area is 135 Å². The molecule has 1 unspecified atom stereocenters. The molecule has 3 aromatic heterocycles. The van der Waals surface area contributed by atoms with Gasteiger partial charge in [0.25, 0.3) is 0 Å². The molecule has 1 N–H and O–H groups in total. The lowest BCUT2D eigenvalue weighted by Gasteiger charge is -2.14. The molecule has 0 saturated heterocycles. The van der Waals surface area contributed by atoms with Crippen molar-refractivity contribution in [1.82, 2.24) is 5.32 Å². The van der Waals surface area contributed by atoms with E-state index in [1.165, 1.54) is 29.9 Å². The second-order valence-corrected chi connectivity index (χ2v) is 8.07. The van der Waals surface area contributed by atoms with Crippen LogP contribution in [0.1, 0.15) is 16.5 Å². The van der Waals surface area contributed by atoms with Crippen LogP contribution in [0.2, 0.25) is 0 Å². The van der Waals surface area contributed by atoms with Gasteiger partial charge >= 0.3 is 0 Å². The van der Waals surface area contributed by atoms with E-state index in [4.69, 9.17) is 0 Å². The van der Waals surface area contributed by atoms with E-state index < -0.39 is 0 Å². The zero-order valence-electron chi connectivity index (χ0n) is 11.6. The van der Waals surface area contributed by atoms with Crippen molar-refractivity contribution in [2.45, 2.75) is 12.5 Å². The molecular formula is C17H15NS3. The molecular weight excluding hydrogens is 314 g/mol. The molecule has 4 rings (SSSR count). The summed E-state index contributed by atoms with van der Waals surface area (Å²) in [6, 6.07) is 13.7. The molecule has 4 heteroatoms. The van der Waals surface area contributed by atoms with Crippen LogP contribution in [0.15, 0.2) is 47.2 Å². The SMILES string of the molecule is CNC(Cc1csc2ccccc12)c1cc2sccc2s1. The van der Waals surface area contributed by atoms with Gasteiger partial charge in [-0.15, -0.1) is 34.0 Å². The molecule has 1 nitrogen and oxygen atoms in total. The fourth-order valence-corrected chi connectivity index (χ4v) is 5.92. The van der Waals surface area contributed by atoms with Gasteiger partial charge in [0.05, 0.1) is 0 Å². The van der Waals surface area contributed by atoms with Crippen LogP contribution in [-0.2, 0) is 6.42 Å². The average molecular weight is 330 g/mol. The Hall–Kier alpha value is -1.20. The first kappa shape index (κ1) is 13.5. The van der Waals surface area contributed by atoms with Crippen LogP contribution in [0.4, 0.5) is 0 Å². The van der Waals surface area contributed by atoms with E-state index >= 15 is 0 Å². The number of fused-ring (bicyclic) bond motifs is 2. The van der Waals surface area contributed by atoms with E-state index in [9.17, 15) is 0 Å².